The van der Waals surface area contributed by atoms with E-state index in [1.807, 2.05) is 36.6 Å². The SMILES string of the molecule is Cc1csc(-c2cccc(-c3nc(C4(N)CCC4)no3)c2)n1.Cl. The van der Waals surface area contributed by atoms with Gasteiger partial charge in [0.15, 0.2) is 5.82 Å². The highest BCUT2D eigenvalue weighted by Gasteiger charge is 2.39. The molecule has 1 saturated carbocycles. The van der Waals surface area contributed by atoms with Gasteiger partial charge in [-0.25, -0.2) is 4.98 Å². The number of halogens is 1. The van der Waals surface area contributed by atoms with Gasteiger partial charge in [0, 0.05) is 22.2 Å². The third-order valence-electron chi connectivity index (χ3n) is 4.09. The summed E-state index contributed by atoms with van der Waals surface area (Å²) in [6.45, 7) is 1.99. The first kappa shape index (κ1) is 16.1. The molecule has 0 atom stereocenters. The van der Waals surface area contributed by atoms with E-state index in [2.05, 4.69) is 15.1 Å². The number of benzene rings is 1. The van der Waals surface area contributed by atoms with Crippen LogP contribution in [0.25, 0.3) is 22.0 Å². The summed E-state index contributed by atoms with van der Waals surface area (Å²) in [6.07, 6.45) is 2.97. The molecular formula is C16H17ClN4OS. The molecule has 0 bridgehead atoms. The highest BCUT2D eigenvalue weighted by Crippen LogP contribution is 2.38. The van der Waals surface area contributed by atoms with Gasteiger partial charge in [-0.05, 0) is 38.3 Å². The van der Waals surface area contributed by atoms with Gasteiger partial charge in [-0.2, -0.15) is 4.98 Å². The Morgan fingerprint density at radius 3 is 2.65 bits per heavy atom. The molecular weight excluding hydrogens is 332 g/mol. The van der Waals surface area contributed by atoms with Crippen LogP contribution in [0.4, 0.5) is 0 Å². The molecule has 1 aliphatic carbocycles. The van der Waals surface area contributed by atoms with Gasteiger partial charge in [-0.15, -0.1) is 23.7 Å². The maximum absolute atomic E-state index is 6.25. The van der Waals surface area contributed by atoms with Crippen molar-refractivity contribution in [3.8, 4) is 22.0 Å². The molecule has 3 aromatic rings. The molecule has 4 rings (SSSR count). The molecule has 1 aliphatic rings. The van der Waals surface area contributed by atoms with Crippen molar-refractivity contribution in [3.63, 3.8) is 0 Å². The molecule has 0 aliphatic heterocycles. The number of thiazole rings is 1. The molecule has 1 aromatic carbocycles. The number of rotatable bonds is 3. The number of hydrogen-bond acceptors (Lipinski definition) is 6. The lowest BCUT2D eigenvalue weighted by molar-refractivity contribution is 0.229. The second-order valence-electron chi connectivity index (χ2n) is 5.81. The summed E-state index contributed by atoms with van der Waals surface area (Å²) in [7, 11) is 0. The molecule has 2 aromatic heterocycles. The first-order valence-corrected chi connectivity index (χ1v) is 8.18. The fourth-order valence-corrected chi connectivity index (χ4v) is 3.39. The minimum Gasteiger partial charge on any atom is -0.334 e. The first-order chi connectivity index (χ1) is 10.6. The van der Waals surface area contributed by atoms with Crippen molar-refractivity contribution in [3.05, 3.63) is 41.2 Å². The Hall–Kier alpha value is -1.76. The Morgan fingerprint density at radius 1 is 1.22 bits per heavy atom. The topological polar surface area (TPSA) is 77.8 Å². The fraction of sp³-hybridized carbons (Fsp3) is 0.312. The average molecular weight is 349 g/mol. The molecule has 2 heterocycles. The molecule has 0 amide bonds. The van der Waals surface area contributed by atoms with Crippen molar-refractivity contribution >= 4 is 23.7 Å². The predicted molar refractivity (Wildman–Crippen MR) is 92.5 cm³/mol. The lowest BCUT2D eigenvalue weighted by Crippen LogP contribution is -2.44. The van der Waals surface area contributed by atoms with Gasteiger partial charge >= 0.3 is 0 Å². The zero-order valence-corrected chi connectivity index (χ0v) is 14.3. The maximum atomic E-state index is 6.25. The van der Waals surface area contributed by atoms with E-state index >= 15 is 0 Å². The summed E-state index contributed by atoms with van der Waals surface area (Å²) in [5, 5.41) is 7.11. The van der Waals surface area contributed by atoms with E-state index < -0.39 is 5.54 Å². The molecule has 23 heavy (non-hydrogen) atoms. The highest BCUT2D eigenvalue weighted by atomic mass is 35.5. The van der Waals surface area contributed by atoms with Crippen molar-refractivity contribution in [2.24, 2.45) is 5.73 Å². The third kappa shape index (κ3) is 2.89. The number of nitrogens with two attached hydrogens (primary N) is 1. The van der Waals surface area contributed by atoms with E-state index in [1.54, 1.807) is 11.3 Å². The molecule has 5 nitrogen and oxygen atoms in total. The van der Waals surface area contributed by atoms with Crippen molar-refractivity contribution < 1.29 is 4.52 Å². The van der Waals surface area contributed by atoms with Crippen molar-refractivity contribution in [2.45, 2.75) is 31.7 Å². The van der Waals surface area contributed by atoms with Crippen molar-refractivity contribution in [1.29, 1.82) is 0 Å². The monoisotopic (exact) mass is 348 g/mol. The van der Waals surface area contributed by atoms with Crippen LogP contribution >= 0.6 is 23.7 Å². The molecule has 7 heteroatoms. The Labute approximate surface area is 144 Å². The number of aryl methyl sites for hydroxylation is 1. The van der Waals surface area contributed by atoms with Crippen LogP contribution in [-0.4, -0.2) is 15.1 Å². The van der Waals surface area contributed by atoms with Crippen LogP contribution in [0.15, 0.2) is 34.2 Å². The lowest BCUT2D eigenvalue weighted by Gasteiger charge is -2.34. The number of hydrogen-bond donors (Lipinski definition) is 1. The molecule has 120 valence electrons. The first-order valence-electron chi connectivity index (χ1n) is 7.30. The van der Waals surface area contributed by atoms with Crippen LogP contribution in [0.1, 0.15) is 30.8 Å². The van der Waals surface area contributed by atoms with Gasteiger partial charge in [-0.3, -0.25) is 0 Å². The highest BCUT2D eigenvalue weighted by molar-refractivity contribution is 7.13. The molecule has 2 N–H and O–H groups in total. The number of aromatic nitrogens is 3. The Bertz CT molecular complexity index is 825. The summed E-state index contributed by atoms with van der Waals surface area (Å²) in [5.41, 5.74) is 8.83. The largest absolute Gasteiger partial charge is 0.334 e. The second-order valence-corrected chi connectivity index (χ2v) is 6.67. The Balaban J connectivity index is 0.00000156. The standard InChI is InChI=1S/C16H16N4OS.ClH/c1-10-9-22-14(18-10)12-5-2-4-11(8-12)13-19-15(20-21-13)16(17)6-3-7-16;/h2,4-5,8-9H,3,6-7,17H2,1H3;1H. The summed E-state index contributed by atoms with van der Waals surface area (Å²) in [5.74, 6) is 1.13. The van der Waals surface area contributed by atoms with Gasteiger partial charge in [0.05, 0.1) is 5.54 Å². The third-order valence-corrected chi connectivity index (χ3v) is 5.10. The summed E-state index contributed by atoms with van der Waals surface area (Å²) < 4.78 is 5.41. The number of nitrogens with zero attached hydrogens (tertiary/aromatic N) is 3. The lowest BCUT2D eigenvalue weighted by atomic mass is 9.77. The van der Waals surface area contributed by atoms with Gasteiger partial charge in [0.25, 0.3) is 5.89 Å². The smallest absolute Gasteiger partial charge is 0.258 e. The Kier molecular flexibility index (Phi) is 4.23. The van der Waals surface area contributed by atoms with Crippen molar-refractivity contribution in [1.82, 2.24) is 15.1 Å². The van der Waals surface area contributed by atoms with E-state index in [4.69, 9.17) is 10.3 Å². The zero-order valence-electron chi connectivity index (χ0n) is 12.7. The van der Waals surface area contributed by atoms with Gasteiger partial charge in [0.1, 0.15) is 5.01 Å². The normalized spacial score (nSPS) is 15.7. The van der Waals surface area contributed by atoms with Crippen LogP contribution in [0.3, 0.4) is 0 Å². The quantitative estimate of drug-likeness (QED) is 0.775. The van der Waals surface area contributed by atoms with Crippen molar-refractivity contribution in [2.75, 3.05) is 0 Å². The summed E-state index contributed by atoms with van der Waals surface area (Å²) >= 11 is 1.63. The average Bonchev–Trinajstić information content (AvgIpc) is 3.14. The minimum absolute atomic E-state index is 0. The molecule has 0 radical (unpaired) electrons. The van der Waals surface area contributed by atoms with E-state index in [9.17, 15) is 0 Å². The molecule has 0 saturated heterocycles. The molecule has 0 unspecified atom stereocenters. The fourth-order valence-electron chi connectivity index (χ4n) is 2.60. The van der Waals surface area contributed by atoms with Gasteiger partial charge in [-0.1, -0.05) is 17.3 Å². The van der Waals surface area contributed by atoms with Crippen LogP contribution < -0.4 is 5.73 Å². The van der Waals surface area contributed by atoms with E-state index in [0.29, 0.717) is 11.7 Å². The van der Waals surface area contributed by atoms with Crippen LogP contribution in [0.2, 0.25) is 0 Å². The van der Waals surface area contributed by atoms with Crippen LogP contribution in [-0.2, 0) is 5.54 Å². The maximum Gasteiger partial charge on any atom is 0.258 e. The van der Waals surface area contributed by atoms with E-state index in [0.717, 1.165) is 41.1 Å². The van der Waals surface area contributed by atoms with Crippen LogP contribution in [0, 0.1) is 6.92 Å². The van der Waals surface area contributed by atoms with Gasteiger partial charge in [0.2, 0.25) is 0 Å². The van der Waals surface area contributed by atoms with E-state index in [1.165, 1.54) is 0 Å². The summed E-state index contributed by atoms with van der Waals surface area (Å²) in [6, 6.07) is 8.01. The molecule has 1 fully saturated rings. The summed E-state index contributed by atoms with van der Waals surface area (Å²) in [4.78, 5) is 9.01. The second kappa shape index (κ2) is 6.03. The Morgan fingerprint density at radius 2 is 2.00 bits per heavy atom. The molecule has 0 spiro atoms. The van der Waals surface area contributed by atoms with Gasteiger partial charge < -0.3 is 10.3 Å². The van der Waals surface area contributed by atoms with Crippen LogP contribution in [0.5, 0.6) is 0 Å². The minimum atomic E-state index is -0.397. The predicted octanol–water partition coefficient (Wildman–Crippen LogP) is 3.93. The van der Waals surface area contributed by atoms with E-state index in [-0.39, 0.29) is 12.4 Å². The zero-order chi connectivity index (χ0) is 15.2.